The first-order chi connectivity index (χ1) is 22.5. The molecule has 1 aliphatic heterocycles. The largest absolute Gasteiger partial charge is 0.376 e. The lowest BCUT2D eigenvalue weighted by Crippen LogP contribution is -2.45. The summed E-state index contributed by atoms with van der Waals surface area (Å²) in [7, 11) is 0. The zero-order chi connectivity index (χ0) is 34.0. The molecule has 5 N–H and O–H groups in total. The average molecular weight is 729 g/mol. The molecule has 0 spiro atoms. The minimum absolute atomic E-state index is 0.00176. The number of primary amides is 1. The van der Waals surface area contributed by atoms with Crippen molar-refractivity contribution in [3.63, 3.8) is 0 Å². The second-order valence-corrected chi connectivity index (χ2v) is 14.5. The van der Waals surface area contributed by atoms with E-state index in [0.29, 0.717) is 18.9 Å². The molecule has 2 saturated carbocycles. The van der Waals surface area contributed by atoms with Gasteiger partial charge in [0, 0.05) is 22.6 Å². The lowest BCUT2D eigenvalue weighted by Gasteiger charge is -2.22. The van der Waals surface area contributed by atoms with Gasteiger partial charge in [-0.05, 0) is 88.1 Å². The number of thiazole rings is 1. The summed E-state index contributed by atoms with van der Waals surface area (Å²) < 4.78 is 1.99. The Morgan fingerprint density at radius 3 is 2.62 bits per heavy atom. The number of hydroxylamine groups is 2. The highest BCUT2D eigenvalue weighted by Gasteiger charge is 2.51. The number of amides is 3. The van der Waals surface area contributed by atoms with E-state index in [1.165, 1.54) is 30.6 Å². The minimum atomic E-state index is -0.435. The predicted octanol–water partition coefficient (Wildman–Crippen LogP) is 6.46. The van der Waals surface area contributed by atoms with Gasteiger partial charge in [-0.3, -0.25) is 24.4 Å². The number of benzene rings is 2. The number of anilines is 1. The van der Waals surface area contributed by atoms with Gasteiger partial charge >= 0.3 is 4.87 Å². The molecular formula is C35H46BrN5O5S. The molecule has 2 aromatic carbocycles. The second kappa shape index (κ2) is 17.1. The Labute approximate surface area is 288 Å². The Kier molecular flexibility index (Phi) is 13.2. The highest BCUT2D eigenvalue weighted by Crippen LogP contribution is 2.46. The number of H-pyrrole nitrogens is 1. The molecule has 6 rings (SSSR count). The third kappa shape index (κ3) is 10.8. The number of likely N-dealkylation sites (tertiary alicyclic amines) is 1. The van der Waals surface area contributed by atoms with Crippen LogP contribution in [0.1, 0.15) is 71.6 Å². The molecule has 0 bridgehead atoms. The summed E-state index contributed by atoms with van der Waals surface area (Å²) in [6, 6.07) is 14.8. The lowest BCUT2D eigenvalue weighted by atomic mass is 10.2. The molecule has 12 heteroatoms. The number of nitrogens with zero attached hydrogens (tertiary/aromatic N) is 2. The maximum absolute atomic E-state index is 12.0. The van der Waals surface area contributed by atoms with Gasteiger partial charge in [0.05, 0.1) is 22.3 Å². The van der Waals surface area contributed by atoms with Gasteiger partial charge < -0.3 is 20.9 Å². The zero-order valence-corrected chi connectivity index (χ0v) is 29.5. The van der Waals surface area contributed by atoms with Crippen molar-refractivity contribution in [1.82, 2.24) is 14.9 Å². The van der Waals surface area contributed by atoms with E-state index in [2.05, 4.69) is 45.3 Å². The molecule has 2 unspecified atom stereocenters. The highest BCUT2D eigenvalue weighted by molar-refractivity contribution is 9.10. The van der Waals surface area contributed by atoms with Crippen LogP contribution in [0, 0.1) is 11.8 Å². The van der Waals surface area contributed by atoms with E-state index in [1.807, 2.05) is 55.5 Å². The van der Waals surface area contributed by atoms with Gasteiger partial charge in [-0.15, -0.1) is 0 Å². The van der Waals surface area contributed by atoms with E-state index in [0.717, 1.165) is 57.5 Å². The van der Waals surface area contributed by atoms with E-state index in [9.17, 15) is 24.4 Å². The lowest BCUT2D eigenvalue weighted by molar-refractivity contribution is -0.180. The first-order valence-electron chi connectivity index (χ1n) is 16.4. The quantitative estimate of drug-likeness (QED) is 0.0772. The molecule has 254 valence electrons. The van der Waals surface area contributed by atoms with Crippen LogP contribution in [0.2, 0.25) is 0 Å². The van der Waals surface area contributed by atoms with E-state index in [4.69, 9.17) is 5.73 Å². The van der Waals surface area contributed by atoms with Crippen LogP contribution in [0.15, 0.2) is 70.0 Å². The van der Waals surface area contributed by atoms with Gasteiger partial charge in [0.25, 0.3) is 0 Å². The maximum atomic E-state index is 12.0. The van der Waals surface area contributed by atoms with Crippen molar-refractivity contribution in [3.05, 3.63) is 74.8 Å². The molecule has 3 atom stereocenters. The topological polar surface area (TPSA) is 149 Å². The van der Waals surface area contributed by atoms with Crippen molar-refractivity contribution in [3.8, 4) is 0 Å². The highest BCUT2D eigenvalue weighted by atomic mass is 79.9. The van der Waals surface area contributed by atoms with Gasteiger partial charge in [-0.1, -0.05) is 77.4 Å². The Hall–Kier alpha value is -3.48. The number of para-hydroxylation sites is 1. The molecular weight excluding hydrogens is 682 g/mol. The zero-order valence-electron chi connectivity index (χ0n) is 27.1. The first kappa shape index (κ1) is 36.4. The summed E-state index contributed by atoms with van der Waals surface area (Å²) in [5.74, 6) is -0.162. The molecule has 10 nitrogen and oxygen atoms in total. The number of aromatic amines is 1. The van der Waals surface area contributed by atoms with E-state index < -0.39 is 11.9 Å². The molecule has 0 radical (unpaired) electrons. The number of carbonyl (C=O) groups excluding carboxylic acids is 3. The standard InChI is InChI=1S/C15H25NO2.C13H17N3O2.C7H4BrNOS/c1-3-4-5-6-7-8-12-11-13(12)14(17)16(18)15(2)9-10-15;14-13(18)11-7-4-8-16(11)12(17)9-15-10-5-2-1-3-6-10;8-4-1-2-5-6(3-4)11-7(10)9-5/h7-8,12-13,18H,3-6,9-11H2,1-2H3;1-3,5-6,11,15H,4,7-9H2,(H2,14,18);1-3H,(H,9,10)/b8-7-;;/t12?,13-;;/m0../s1. The van der Waals surface area contributed by atoms with Crippen molar-refractivity contribution >= 4 is 60.9 Å². The summed E-state index contributed by atoms with van der Waals surface area (Å²) in [4.78, 5) is 50.3. The van der Waals surface area contributed by atoms with Crippen molar-refractivity contribution < 1.29 is 19.6 Å². The molecule has 3 fully saturated rings. The minimum Gasteiger partial charge on any atom is -0.376 e. The average Bonchev–Trinajstić information content (AvgIpc) is 3.90. The van der Waals surface area contributed by atoms with Crippen molar-refractivity contribution in [2.24, 2.45) is 17.6 Å². The molecule has 1 saturated heterocycles. The van der Waals surface area contributed by atoms with Crippen LogP contribution in [0.4, 0.5) is 5.69 Å². The molecule has 3 aliphatic rings. The maximum Gasteiger partial charge on any atom is 0.305 e. The number of allylic oxidation sites excluding steroid dienone is 2. The van der Waals surface area contributed by atoms with Crippen molar-refractivity contribution in [2.45, 2.75) is 83.2 Å². The Bertz CT molecular complexity index is 1590. The smallest absolute Gasteiger partial charge is 0.305 e. The number of hydrogen-bond acceptors (Lipinski definition) is 7. The number of halogens is 1. The fourth-order valence-corrected chi connectivity index (χ4v) is 6.71. The monoisotopic (exact) mass is 727 g/mol. The van der Waals surface area contributed by atoms with Gasteiger partial charge in [-0.2, -0.15) is 0 Å². The van der Waals surface area contributed by atoms with Gasteiger partial charge in [0.2, 0.25) is 17.7 Å². The van der Waals surface area contributed by atoms with E-state index >= 15 is 0 Å². The number of carbonyl (C=O) groups is 3. The number of nitrogens with one attached hydrogen (secondary N) is 2. The number of hydrogen-bond donors (Lipinski definition) is 4. The summed E-state index contributed by atoms with van der Waals surface area (Å²) in [5.41, 5.74) is 6.82. The Morgan fingerprint density at radius 2 is 1.94 bits per heavy atom. The molecule has 3 amide bonds. The van der Waals surface area contributed by atoms with Gasteiger partial charge in [-0.25, -0.2) is 5.06 Å². The molecule has 2 heterocycles. The third-order valence-electron chi connectivity index (χ3n) is 8.71. The first-order valence-corrected chi connectivity index (χ1v) is 18.0. The predicted molar refractivity (Wildman–Crippen MR) is 190 cm³/mol. The normalized spacial score (nSPS) is 20.5. The Balaban J connectivity index is 0.000000164. The fraction of sp³-hybridized carbons (Fsp3) is 0.486. The van der Waals surface area contributed by atoms with Gasteiger partial charge in [0.1, 0.15) is 6.04 Å². The SMILES string of the molecule is CCCCC/C=C\C1C[C@@H]1C(=O)N(O)C1(C)CC1.NC(=O)C1CCCN1C(=O)CNc1ccccc1.O=c1[nH]c2ccc(Br)cc2s1. The summed E-state index contributed by atoms with van der Waals surface area (Å²) in [6.07, 6.45) is 13.5. The van der Waals surface area contributed by atoms with E-state index in [-0.39, 0.29) is 34.7 Å². The summed E-state index contributed by atoms with van der Waals surface area (Å²) in [6.45, 7) is 4.95. The number of fused-ring (bicyclic) bond motifs is 1. The Morgan fingerprint density at radius 1 is 1.19 bits per heavy atom. The van der Waals surface area contributed by atoms with Gasteiger partial charge in [0.15, 0.2) is 0 Å². The number of unbranched alkanes of at least 4 members (excludes halogenated alkanes) is 3. The van der Waals surface area contributed by atoms with Crippen molar-refractivity contribution in [1.29, 1.82) is 0 Å². The number of nitrogens with two attached hydrogens (primary N) is 1. The van der Waals surface area contributed by atoms with Crippen LogP contribution in [0.25, 0.3) is 10.2 Å². The van der Waals surface area contributed by atoms with Crippen molar-refractivity contribution in [2.75, 3.05) is 18.4 Å². The van der Waals surface area contributed by atoms with Crippen LogP contribution < -0.4 is 15.9 Å². The summed E-state index contributed by atoms with van der Waals surface area (Å²) in [5, 5.41) is 13.9. The van der Waals surface area contributed by atoms with Crippen LogP contribution in [0.3, 0.4) is 0 Å². The number of aromatic nitrogens is 1. The summed E-state index contributed by atoms with van der Waals surface area (Å²) >= 11 is 4.56. The number of rotatable bonds is 11. The fourth-order valence-electron chi connectivity index (χ4n) is 5.43. The van der Waals surface area contributed by atoms with Crippen LogP contribution in [-0.4, -0.2) is 62.5 Å². The van der Waals surface area contributed by atoms with Crippen LogP contribution in [-0.2, 0) is 14.4 Å². The molecule has 2 aliphatic carbocycles. The molecule has 3 aromatic rings. The second-order valence-electron chi connectivity index (χ2n) is 12.6. The van der Waals surface area contributed by atoms with Crippen LogP contribution >= 0.6 is 27.3 Å². The molecule has 47 heavy (non-hydrogen) atoms. The van der Waals surface area contributed by atoms with Crippen LogP contribution in [0.5, 0.6) is 0 Å². The molecule has 1 aromatic heterocycles. The van der Waals surface area contributed by atoms with E-state index in [1.54, 1.807) is 4.90 Å². The third-order valence-corrected chi connectivity index (χ3v) is 10.0.